The zero-order chi connectivity index (χ0) is 40.8. The van der Waals surface area contributed by atoms with E-state index in [-0.39, 0.29) is 24.4 Å². The number of hydrogen-bond acceptors (Lipinski definition) is 11. The molecule has 4 aromatic heterocycles. The molecule has 2 atom stereocenters. The molecular formula is C43H48N8O6. The van der Waals surface area contributed by atoms with Crippen molar-refractivity contribution in [3.8, 4) is 34.0 Å². The zero-order valence-electron chi connectivity index (χ0n) is 32.7. The van der Waals surface area contributed by atoms with Crippen LogP contribution in [-0.4, -0.2) is 79.9 Å². The molecule has 6 rings (SSSR count). The van der Waals surface area contributed by atoms with Gasteiger partial charge in [0.15, 0.2) is 11.6 Å². The monoisotopic (exact) mass is 772 g/mol. The fourth-order valence-electron chi connectivity index (χ4n) is 5.91. The summed E-state index contributed by atoms with van der Waals surface area (Å²) in [7, 11) is 3.05. The highest BCUT2D eigenvalue weighted by Gasteiger charge is 2.26. The van der Waals surface area contributed by atoms with Gasteiger partial charge in [0.25, 0.3) is 0 Å². The number of ether oxygens (including phenoxy) is 3. The van der Waals surface area contributed by atoms with E-state index in [1.807, 2.05) is 72.8 Å². The lowest BCUT2D eigenvalue weighted by Gasteiger charge is -2.23. The van der Waals surface area contributed by atoms with Crippen LogP contribution in [0.5, 0.6) is 11.8 Å². The van der Waals surface area contributed by atoms with Crippen LogP contribution in [0.15, 0.2) is 110 Å². The van der Waals surface area contributed by atoms with Crippen molar-refractivity contribution in [2.45, 2.75) is 64.1 Å². The smallest absolute Gasteiger partial charge is 0.408 e. The molecule has 2 aromatic carbocycles. The number of ketones is 2. The molecule has 4 heterocycles. The van der Waals surface area contributed by atoms with Crippen molar-refractivity contribution in [3.05, 3.63) is 132 Å². The molecule has 0 radical (unpaired) electrons. The number of nitrogens with two attached hydrogens (primary N) is 1. The number of aromatic amines is 2. The summed E-state index contributed by atoms with van der Waals surface area (Å²) < 4.78 is 16.0. The quantitative estimate of drug-likeness (QED) is 0.0970. The Hall–Kier alpha value is -6.67. The largest absolute Gasteiger partial charge is 0.481 e. The maximum Gasteiger partial charge on any atom is 0.408 e. The molecule has 0 unspecified atom stereocenters. The number of carbonyl (C=O) groups excluding carboxylic acids is 3. The van der Waals surface area contributed by atoms with Crippen molar-refractivity contribution in [1.82, 2.24) is 35.7 Å². The number of nitrogens with one attached hydrogen (secondary N) is 3. The summed E-state index contributed by atoms with van der Waals surface area (Å²) in [4.78, 5) is 46.9. The molecule has 296 valence electrons. The SMILES string of the molecule is COc1ncc(-c2cn[nH]c2)cc1CC(=O)[C@@H](N)Cc1ccccc1.COc1ncc(-c2cn[nH]c2)cc1CC(=O)[C@H](Cc1ccccc1)NC(=O)OC(C)(C)C. The van der Waals surface area contributed by atoms with E-state index in [1.165, 1.54) is 14.2 Å². The van der Waals surface area contributed by atoms with Crippen LogP contribution in [0, 0.1) is 0 Å². The molecular weight excluding hydrogens is 725 g/mol. The van der Waals surface area contributed by atoms with Crippen molar-refractivity contribution < 1.29 is 28.6 Å². The summed E-state index contributed by atoms with van der Waals surface area (Å²) in [5.41, 5.74) is 12.2. The number of benzene rings is 2. The van der Waals surface area contributed by atoms with Crippen LogP contribution in [0.25, 0.3) is 22.3 Å². The van der Waals surface area contributed by atoms with Crippen LogP contribution in [0.2, 0.25) is 0 Å². The first-order chi connectivity index (χ1) is 27.4. The molecule has 1 amide bonds. The molecule has 0 saturated heterocycles. The van der Waals surface area contributed by atoms with Crippen molar-refractivity contribution in [2.24, 2.45) is 5.73 Å². The topological polar surface area (TPSA) is 200 Å². The summed E-state index contributed by atoms with van der Waals surface area (Å²) in [6.45, 7) is 5.33. The summed E-state index contributed by atoms with van der Waals surface area (Å²) in [5, 5.41) is 16.2. The summed E-state index contributed by atoms with van der Waals surface area (Å²) in [5.74, 6) is 0.575. The Morgan fingerprint density at radius 3 is 1.60 bits per heavy atom. The molecule has 57 heavy (non-hydrogen) atoms. The summed E-state index contributed by atoms with van der Waals surface area (Å²) in [6.07, 6.45) is 10.7. The second-order valence-corrected chi connectivity index (χ2v) is 14.2. The van der Waals surface area contributed by atoms with Crippen LogP contribution in [0.1, 0.15) is 43.0 Å². The van der Waals surface area contributed by atoms with Crippen LogP contribution in [0.4, 0.5) is 4.79 Å². The lowest BCUT2D eigenvalue weighted by atomic mass is 9.97. The number of carbonyl (C=O) groups is 3. The van der Waals surface area contributed by atoms with E-state index in [4.69, 9.17) is 19.9 Å². The highest BCUT2D eigenvalue weighted by molar-refractivity contribution is 5.90. The zero-order valence-corrected chi connectivity index (χ0v) is 32.7. The minimum atomic E-state index is -0.769. The molecule has 0 spiro atoms. The van der Waals surface area contributed by atoms with Crippen LogP contribution >= 0.6 is 0 Å². The van der Waals surface area contributed by atoms with Gasteiger partial charge in [0, 0.05) is 71.0 Å². The average molecular weight is 773 g/mol. The van der Waals surface area contributed by atoms with Gasteiger partial charge in [0.05, 0.1) is 38.7 Å². The Labute approximate surface area is 331 Å². The lowest BCUT2D eigenvalue weighted by Crippen LogP contribution is -2.45. The molecule has 6 aromatic rings. The van der Waals surface area contributed by atoms with Gasteiger partial charge in [-0.25, -0.2) is 14.8 Å². The molecule has 14 heteroatoms. The number of amides is 1. The summed E-state index contributed by atoms with van der Waals surface area (Å²) >= 11 is 0. The van der Waals surface area contributed by atoms with Gasteiger partial charge in [-0.15, -0.1) is 0 Å². The predicted molar refractivity (Wildman–Crippen MR) is 216 cm³/mol. The molecule has 0 fully saturated rings. The van der Waals surface area contributed by atoms with Crippen molar-refractivity contribution >= 4 is 17.7 Å². The van der Waals surface area contributed by atoms with Gasteiger partial charge >= 0.3 is 6.09 Å². The highest BCUT2D eigenvalue weighted by Crippen LogP contribution is 2.26. The second-order valence-electron chi connectivity index (χ2n) is 14.2. The average Bonchev–Trinajstić information content (AvgIpc) is 3.94. The van der Waals surface area contributed by atoms with Crippen molar-refractivity contribution in [3.63, 3.8) is 0 Å². The third kappa shape index (κ3) is 12.4. The van der Waals surface area contributed by atoms with Crippen molar-refractivity contribution in [2.75, 3.05) is 14.2 Å². The number of alkyl carbamates (subject to hydrolysis) is 1. The number of rotatable bonds is 15. The van der Waals surface area contributed by atoms with Crippen LogP contribution in [0.3, 0.4) is 0 Å². The number of hydrogen-bond donors (Lipinski definition) is 4. The normalized spacial score (nSPS) is 12.0. The van der Waals surface area contributed by atoms with E-state index >= 15 is 0 Å². The fourth-order valence-corrected chi connectivity index (χ4v) is 5.91. The Balaban J connectivity index is 0.000000224. The lowest BCUT2D eigenvalue weighted by molar-refractivity contribution is -0.120. The van der Waals surface area contributed by atoms with Gasteiger partial charge < -0.3 is 25.3 Å². The molecule has 0 aliphatic carbocycles. The number of Topliss-reactive ketones (excluding diaryl/α,β-unsaturated/α-hetero) is 2. The van der Waals surface area contributed by atoms with Gasteiger partial charge in [-0.2, -0.15) is 10.2 Å². The van der Waals surface area contributed by atoms with Gasteiger partial charge in [0.2, 0.25) is 11.8 Å². The highest BCUT2D eigenvalue weighted by atomic mass is 16.6. The second kappa shape index (κ2) is 19.8. The number of nitrogens with zero attached hydrogens (tertiary/aromatic N) is 4. The first-order valence-electron chi connectivity index (χ1n) is 18.3. The Bertz CT molecular complexity index is 2190. The Morgan fingerprint density at radius 1 is 0.684 bits per heavy atom. The van der Waals surface area contributed by atoms with E-state index in [9.17, 15) is 14.4 Å². The predicted octanol–water partition coefficient (Wildman–Crippen LogP) is 5.89. The number of H-pyrrole nitrogens is 2. The third-order valence-electron chi connectivity index (χ3n) is 8.70. The van der Waals surface area contributed by atoms with E-state index in [1.54, 1.807) is 58.0 Å². The van der Waals surface area contributed by atoms with Gasteiger partial charge in [-0.05, 0) is 56.9 Å². The van der Waals surface area contributed by atoms with E-state index in [0.717, 1.165) is 38.9 Å². The Kier molecular flexibility index (Phi) is 14.4. The maximum atomic E-state index is 13.3. The Morgan fingerprint density at radius 2 is 1.16 bits per heavy atom. The molecule has 0 saturated carbocycles. The minimum Gasteiger partial charge on any atom is -0.481 e. The molecule has 5 N–H and O–H groups in total. The number of methoxy groups -OCH3 is 2. The molecule has 14 nitrogen and oxygen atoms in total. The van der Waals surface area contributed by atoms with Crippen LogP contribution < -0.4 is 20.5 Å². The summed E-state index contributed by atoms with van der Waals surface area (Å²) in [6, 6.07) is 21.7. The number of pyridine rings is 2. The number of aromatic nitrogens is 6. The minimum absolute atomic E-state index is 0.0369. The first-order valence-corrected chi connectivity index (χ1v) is 18.3. The van der Waals surface area contributed by atoms with E-state index < -0.39 is 23.8 Å². The first kappa shape index (κ1) is 41.5. The van der Waals surface area contributed by atoms with Crippen molar-refractivity contribution in [1.29, 1.82) is 0 Å². The van der Waals surface area contributed by atoms with Gasteiger partial charge in [0.1, 0.15) is 5.60 Å². The fraction of sp³-hybridized carbons (Fsp3) is 0.279. The molecule has 0 bridgehead atoms. The van der Waals surface area contributed by atoms with Crippen LogP contribution in [-0.2, 0) is 40.0 Å². The van der Waals surface area contributed by atoms with Gasteiger partial charge in [-0.3, -0.25) is 19.8 Å². The third-order valence-corrected chi connectivity index (χ3v) is 8.70. The van der Waals surface area contributed by atoms with Gasteiger partial charge in [-0.1, -0.05) is 60.7 Å². The molecule has 0 aliphatic heterocycles. The van der Waals surface area contributed by atoms with E-state index in [2.05, 4.69) is 35.7 Å². The standard InChI is InChI=1S/C24H28N4O4.C19H20N4O2/c1-24(2,3)32-23(30)28-20(10-16-8-6-5-7-9-16)21(29)12-17-11-18(13-25-22(17)31-4)19-14-26-27-15-19;1-25-19-14(8-15(10-21-19)16-11-22-23-12-16)9-18(24)17(20)7-13-5-3-2-4-6-13/h5-9,11,13-15,20H,10,12H2,1-4H3,(H,26,27)(H,28,30);2-6,8,10-12,17H,7,9,20H2,1H3,(H,22,23)/t20-;17-/m00/s1. The molecule has 0 aliphatic rings. The maximum absolute atomic E-state index is 13.3. The van der Waals surface area contributed by atoms with E-state index in [0.29, 0.717) is 30.2 Å².